The van der Waals surface area contributed by atoms with Crippen LogP contribution >= 0.6 is 0 Å². The highest BCUT2D eigenvalue weighted by Crippen LogP contribution is 2.30. The maximum atomic E-state index is 11.5. The Morgan fingerprint density at radius 2 is 2.11 bits per heavy atom. The zero-order valence-corrected chi connectivity index (χ0v) is 10.3. The SMILES string of the molecule is COC1=CC2=CC3=C(C=C(O)C(=O)C3O)NC2C=C1. The Morgan fingerprint density at radius 1 is 1.32 bits per heavy atom. The number of aliphatic hydroxyl groups is 2. The van der Waals surface area contributed by atoms with Gasteiger partial charge < -0.3 is 20.3 Å². The molecule has 0 aromatic rings. The van der Waals surface area contributed by atoms with Gasteiger partial charge in [0.05, 0.1) is 13.2 Å². The zero-order valence-electron chi connectivity index (χ0n) is 10.3. The molecule has 98 valence electrons. The highest BCUT2D eigenvalue weighted by molar-refractivity contribution is 6.01. The van der Waals surface area contributed by atoms with E-state index >= 15 is 0 Å². The highest BCUT2D eigenvalue weighted by atomic mass is 16.5. The predicted molar refractivity (Wildman–Crippen MR) is 68.0 cm³/mol. The number of carbonyl (C=O) groups is 1. The van der Waals surface area contributed by atoms with Crippen molar-refractivity contribution in [2.24, 2.45) is 0 Å². The molecule has 0 aromatic heterocycles. The topological polar surface area (TPSA) is 78.8 Å². The average molecular weight is 259 g/mol. The Kier molecular flexibility index (Phi) is 2.57. The Morgan fingerprint density at radius 3 is 2.84 bits per heavy atom. The zero-order chi connectivity index (χ0) is 13.6. The van der Waals surface area contributed by atoms with Crippen LogP contribution in [-0.4, -0.2) is 35.3 Å². The van der Waals surface area contributed by atoms with Gasteiger partial charge in [0.1, 0.15) is 11.9 Å². The second-order valence-corrected chi connectivity index (χ2v) is 4.54. The lowest BCUT2D eigenvalue weighted by molar-refractivity contribution is -0.124. The van der Waals surface area contributed by atoms with Crippen molar-refractivity contribution in [3.05, 3.63) is 58.7 Å². The van der Waals surface area contributed by atoms with Crippen LogP contribution in [0, 0.1) is 0 Å². The number of rotatable bonds is 1. The van der Waals surface area contributed by atoms with Crippen molar-refractivity contribution in [1.82, 2.24) is 5.32 Å². The molecule has 0 bridgehead atoms. The summed E-state index contributed by atoms with van der Waals surface area (Å²) in [6.45, 7) is 0. The molecule has 0 fully saturated rings. The van der Waals surface area contributed by atoms with Crippen molar-refractivity contribution in [2.75, 3.05) is 7.11 Å². The number of hydrogen-bond donors (Lipinski definition) is 3. The summed E-state index contributed by atoms with van der Waals surface area (Å²) in [7, 11) is 1.58. The van der Waals surface area contributed by atoms with E-state index in [0.717, 1.165) is 5.57 Å². The normalized spacial score (nSPS) is 28.7. The minimum absolute atomic E-state index is 0.0536. The van der Waals surface area contributed by atoms with Crippen molar-refractivity contribution >= 4 is 5.78 Å². The van der Waals surface area contributed by atoms with Gasteiger partial charge in [0, 0.05) is 17.3 Å². The number of carbonyl (C=O) groups excluding carboxylic acids is 1. The standard InChI is InChI=1S/C14H13NO4/c1-19-8-2-3-10-7(4-8)5-9-11(15-10)6-12(16)14(18)13(9)17/h2-6,10,13,15-17H,1H3. The lowest BCUT2D eigenvalue weighted by Crippen LogP contribution is -2.39. The van der Waals surface area contributed by atoms with Crippen molar-refractivity contribution in [3.63, 3.8) is 0 Å². The van der Waals surface area contributed by atoms with Crippen LogP contribution in [0.25, 0.3) is 0 Å². The van der Waals surface area contributed by atoms with Crippen LogP contribution in [0.3, 0.4) is 0 Å². The average Bonchev–Trinajstić information content (AvgIpc) is 2.43. The molecule has 1 heterocycles. The van der Waals surface area contributed by atoms with Crippen molar-refractivity contribution in [2.45, 2.75) is 12.1 Å². The summed E-state index contributed by atoms with van der Waals surface area (Å²) in [5.74, 6) is -0.398. The highest BCUT2D eigenvalue weighted by Gasteiger charge is 2.33. The summed E-state index contributed by atoms with van der Waals surface area (Å²) in [5, 5.41) is 22.5. The first-order chi connectivity index (χ1) is 9.10. The second-order valence-electron chi connectivity index (χ2n) is 4.54. The molecule has 3 N–H and O–H groups in total. The fraction of sp³-hybridized carbons (Fsp3) is 0.214. The minimum Gasteiger partial charge on any atom is -0.504 e. The van der Waals surface area contributed by atoms with E-state index in [9.17, 15) is 15.0 Å². The third kappa shape index (κ3) is 1.79. The smallest absolute Gasteiger partial charge is 0.230 e. The van der Waals surface area contributed by atoms with Gasteiger partial charge in [-0.3, -0.25) is 4.79 Å². The summed E-state index contributed by atoms with van der Waals surface area (Å²) < 4.78 is 5.15. The van der Waals surface area contributed by atoms with Gasteiger partial charge in [-0.15, -0.1) is 0 Å². The molecule has 1 aliphatic heterocycles. The van der Waals surface area contributed by atoms with Crippen LogP contribution in [0.15, 0.2) is 58.7 Å². The molecular weight excluding hydrogens is 246 g/mol. The molecule has 0 radical (unpaired) electrons. The Bertz CT molecular complexity index is 607. The number of Topliss-reactive ketones (excluding diaryl/α,β-unsaturated/α-hetero) is 1. The van der Waals surface area contributed by atoms with Gasteiger partial charge in [-0.2, -0.15) is 0 Å². The number of fused-ring (bicyclic) bond motifs is 1. The molecule has 0 saturated heterocycles. The molecule has 3 aliphatic rings. The third-order valence-corrected chi connectivity index (χ3v) is 3.38. The van der Waals surface area contributed by atoms with Gasteiger partial charge in [0.25, 0.3) is 0 Å². The largest absolute Gasteiger partial charge is 0.504 e. The van der Waals surface area contributed by atoms with E-state index in [4.69, 9.17) is 4.74 Å². The molecule has 2 aliphatic carbocycles. The van der Waals surface area contributed by atoms with E-state index in [1.165, 1.54) is 6.08 Å². The van der Waals surface area contributed by atoms with Crippen LogP contribution in [-0.2, 0) is 9.53 Å². The summed E-state index contributed by atoms with van der Waals surface area (Å²) in [6, 6.07) is -0.0536. The Hall–Kier alpha value is -2.27. The number of ketones is 1. The van der Waals surface area contributed by atoms with Crippen molar-refractivity contribution < 1.29 is 19.7 Å². The monoisotopic (exact) mass is 259 g/mol. The Balaban J connectivity index is 2.05. The fourth-order valence-corrected chi connectivity index (χ4v) is 2.34. The maximum Gasteiger partial charge on any atom is 0.230 e. The number of nitrogens with one attached hydrogen (secondary N) is 1. The molecule has 0 saturated carbocycles. The van der Waals surface area contributed by atoms with E-state index in [2.05, 4.69) is 5.32 Å². The number of methoxy groups -OCH3 is 1. The summed E-state index contributed by atoms with van der Waals surface area (Å²) >= 11 is 0. The minimum atomic E-state index is -1.33. The number of hydrogen-bond acceptors (Lipinski definition) is 5. The predicted octanol–water partition coefficient (Wildman–Crippen LogP) is 0.624. The second kappa shape index (κ2) is 4.13. The molecule has 0 spiro atoms. The molecule has 2 unspecified atom stereocenters. The first kappa shape index (κ1) is 11.8. The van der Waals surface area contributed by atoms with E-state index in [-0.39, 0.29) is 6.04 Å². The number of dihydropyridines is 1. The van der Waals surface area contributed by atoms with Gasteiger partial charge in [-0.05, 0) is 23.8 Å². The molecule has 5 heteroatoms. The Labute approximate surface area is 109 Å². The van der Waals surface area contributed by atoms with Crippen molar-refractivity contribution in [1.29, 1.82) is 0 Å². The van der Waals surface area contributed by atoms with Crippen LogP contribution in [0.4, 0.5) is 0 Å². The van der Waals surface area contributed by atoms with Crippen LogP contribution < -0.4 is 5.32 Å². The molecule has 3 rings (SSSR count). The van der Waals surface area contributed by atoms with Gasteiger partial charge in [-0.25, -0.2) is 0 Å². The third-order valence-electron chi connectivity index (χ3n) is 3.38. The van der Waals surface area contributed by atoms with E-state index in [1.54, 1.807) is 13.2 Å². The molecule has 5 nitrogen and oxygen atoms in total. The molecule has 19 heavy (non-hydrogen) atoms. The fourth-order valence-electron chi connectivity index (χ4n) is 2.34. The van der Waals surface area contributed by atoms with Crippen LogP contribution in [0.5, 0.6) is 0 Å². The number of ether oxygens (including phenoxy) is 1. The van der Waals surface area contributed by atoms with Gasteiger partial charge >= 0.3 is 0 Å². The van der Waals surface area contributed by atoms with Crippen LogP contribution in [0.1, 0.15) is 0 Å². The number of aliphatic hydroxyl groups excluding tert-OH is 2. The molecule has 2 atom stereocenters. The van der Waals surface area contributed by atoms with Crippen molar-refractivity contribution in [3.8, 4) is 0 Å². The van der Waals surface area contributed by atoms with Gasteiger partial charge in [0.15, 0.2) is 5.76 Å². The van der Waals surface area contributed by atoms with E-state index in [1.807, 2.05) is 18.2 Å². The quantitative estimate of drug-likeness (QED) is 0.643. The molecular formula is C14H13NO4. The van der Waals surface area contributed by atoms with E-state index < -0.39 is 17.6 Å². The summed E-state index contributed by atoms with van der Waals surface area (Å²) in [4.78, 5) is 11.5. The maximum absolute atomic E-state index is 11.5. The number of allylic oxidation sites excluding steroid dienone is 2. The summed E-state index contributed by atoms with van der Waals surface area (Å²) in [6.07, 6.45) is 7.38. The lowest BCUT2D eigenvalue weighted by Gasteiger charge is -2.31. The summed E-state index contributed by atoms with van der Waals surface area (Å²) in [5.41, 5.74) is 1.94. The van der Waals surface area contributed by atoms with Gasteiger partial charge in [0.2, 0.25) is 5.78 Å². The molecule has 0 amide bonds. The van der Waals surface area contributed by atoms with Crippen LogP contribution in [0.2, 0.25) is 0 Å². The first-order valence-electron chi connectivity index (χ1n) is 5.89. The molecule has 0 aromatic carbocycles. The van der Waals surface area contributed by atoms with Gasteiger partial charge in [-0.1, -0.05) is 6.08 Å². The first-order valence-corrected chi connectivity index (χ1v) is 5.89. The lowest BCUT2D eigenvalue weighted by atomic mass is 9.87. The van der Waals surface area contributed by atoms with E-state index in [0.29, 0.717) is 17.0 Å².